The third-order valence-corrected chi connectivity index (χ3v) is 7.81. The van der Waals surface area contributed by atoms with Crippen LogP contribution in [0.1, 0.15) is 50.5 Å². The quantitative estimate of drug-likeness (QED) is 0.826. The van der Waals surface area contributed by atoms with Gasteiger partial charge in [-0.3, -0.25) is 14.5 Å². The Hall–Kier alpha value is -1.95. The fourth-order valence-corrected chi connectivity index (χ4v) is 6.47. The van der Waals surface area contributed by atoms with E-state index in [9.17, 15) is 14.0 Å². The Morgan fingerprint density at radius 1 is 1.17 bits per heavy atom. The van der Waals surface area contributed by atoms with Crippen molar-refractivity contribution in [3.05, 3.63) is 35.6 Å². The summed E-state index contributed by atoms with van der Waals surface area (Å²) in [6.07, 6.45) is 7.46. The summed E-state index contributed by atoms with van der Waals surface area (Å²) in [4.78, 5) is 29.4. The Morgan fingerprint density at radius 3 is 2.83 bits per heavy atom. The van der Waals surface area contributed by atoms with E-state index in [0.29, 0.717) is 36.8 Å². The van der Waals surface area contributed by atoms with Crippen LogP contribution in [-0.2, 0) is 16.0 Å². The van der Waals surface area contributed by atoms with Crippen LogP contribution in [0, 0.1) is 17.7 Å². The van der Waals surface area contributed by atoms with Gasteiger partial charge in [0, 0.05) is 44.1 Å². The molecule has 2 bridgehead atoms. The molecule has 1 aromatic rings. The third kappa shape index (κ3) is 3.98. The molecule has 1 aromatic carbocycles. The van der Waals surface area contributed by atoms with E-state index in [1.807, 2.05) is 6.07 Å². The summed E-state index contributed by atoms with van der Waals surface area (Å²) in [6, 6.07) is 7.91. The summed E-state index contributed by atoms with van der Waals surface area (Å²) in [5.41, 5.74) is 1.06. The Morgan fingerprint density at radius 2 is 2.03 bits per heavy atom. The summed E-state index contributed by atoms with van der Waals surface area (Å²) in [5.74, 6) is 1.05. The zero-order chi connectivity index (χ0) is 20.7. The number of nitrogens with zero attached hydrogens (tertiary/aromatic N) is 2. The van der Waals surface area contributed by atoms with Crippen molar-refractivity contribution in [3.63, 3.8) is 0 Å². The Labute approximate surface area is 178 Å². The average Bonchev–Trinajstić information content (AvgIpc) is 3.15. The van der Waals surface area contributed by atoms with Crippen LogP contribution in [0.5, 0.6) is 0 Å². The second-order valence-electron chi connectivity index (χ2n) is 9.76. The number of halogens is 1. The van der Waals surface area contributed by atoms with Gasteiger partial charge in [-0.15, -0.1) is 0 Å². The van der Waals surface area contributed by atoms with Crippen LogP contribution < -0.4 is 5.32 Å². The second kappa shape index (κ2) is 8.29. The van der Waals surface area contributed by atoms with Gasteiger partial charge >= 0.3 is 0 Å². The predicted molar refractivity (Wildman–Crippen MR) is 112 cm³/mol. The first-order valence-electron chi connectivity index (χ1n) is 11.6. The lowest BCUT2D eigenvalue weighted by Crippen LogP contribution is -2.64. The summed E-state index contributed by atoms with van der Waals surface area (Å²) in [5, 5.41) is 2.94. The van der Waals surface area contributed by atoms with Crippen LogP contribution >= 0.6 is 0 Å². The molecular weight excluding hydrogens is 381 g/mol. The Balaban J connectivity index is 1.33. The smallest absolute Gasteiger partial charge is 0.224 e. The van der Waals surface area contributed by atoms with Crippen LogP contribution in [0.4, 0.5) is 4.39 Å². The van der Waals surface area contributed by atoms with E-state index in [1.165, 1.54) is 31.7 Å². The van der Waals surface area contributed by atoms with E-state index in [-0.39, 0.29) is 23.7 Å². The molecule has 6 heteroatoms. The topological polar surface area (TPSA) is 52.7 Å². The Kier molecular flexibility index (Phi) is 5.52. The lowest BCUT2D eigenvalue weighted by molar-refractivity contribution is -0.141. The molecule has 5 nitrogen and oxygen atoms in total. The molecule has 0 unspecified atom stereocenters. The van der Waals surface area contributed by atoms with Crippen molar-refractivity contribution < 1.29 is 14.0 Å². The van der Waals surface area contributed by atoms with Crippen LogP contribution in [0.15, 0.2) is 24.3 Å². The molecule has 0 aliphatic carbocycles. The lowest BCUT2D eigenvalue weighted by atomic mass is 9.71. The number of hydrogen-bond donors (Lipinski definition) is 1. The van der Waals surface area contributed by atoms with Gasteiger partial charge in [-0.05, 0) is 68.2 Å². The van der Waals surface area contributed by atoms with Gasteiger partial charge < -0.3 is 10.2 Å². The standard InChI is InChI=1S/C24H32FN3O2/c25-19-5-3-4-16(10-19)11-22-18-12-17(21-6-1-2-9-28(21)22)14-27(15-18)24(30)13-20-7-8-23(29)26-20/h3-5,10,17-18,20-22H,1-2,6-9,11-15H2,(H,26,29)/t17-,18+,20+,21+,22+/m1/s1. The van der Waals surface area contributed by atoms with Crippen molar-refractivity contribution >= 4 is 11.8 Å². The normalized spacial score (nSPS) is 33.8. The van der Waals surface area contributed by atoms with Gasteiger partial charge in [-0.2, -0.15) is 0 Å². The summed E-state index contributed by atoms with van der Waals surface area (Å²) in [7, 11) is 0. The first kappa shape index (κ1) is 20.0. The van der Waals surface area contributed by atoms with Crippen molar-refractivity contribution in [1.82, 2.24) is 15.1 Å². The molecule has 30 heavy (non-hydrogen) atoms. The first-order valence-corrected chi connectivity index (χ1v) is 11.6. The van der Waals surface area contributed by atoms with Crippen LogP contribution in [-0.4, -0.2) is 59.4 Å². The lowest BCUT2D eigenvalue weighted by Gasteiger charge is -2.57. The molecule has 4 heterocycles. The zero-order valence-electron chi connectivity index (χ0n) is 17.6. The Bertz CT molecular complexity index is 815. The maximum absolute atomic E-state index is 13.8. The minimum Gasteiger partial charge on any atom is -0.353 e. The van der Waals surface area contributed by atoms with E-state index in [1.54, 1.807) is 12.1 Å². The number of likely N-dealkylation sites (tertiary alicyclic amines) is 1. The van der Waals surface area contributed by atoms with Gasteiger partial charge in [-0.25, -0.2) is 4.39 Å². The molecule has 5 atom stereocenters. The van der Waals surface area contributed by atoms with E-state index in [4.69, 9.17) is 0 Å². The molecule has 4 fully saturated rings. The van der Waals surface area contributed by atoms with Crippen LogP contribution in [0.2, 0.25) is 0 Å². The highest BCUT2D eigenvalue weighted by Gasteiger charge is 2.47. The van der Waals surface area contributed by atoms with Crippen molar-refractivity contribution in [1.29, 1.82) is 0 Å². The van der Waals surface area contributed by atoms with Gasteiger partial charge in [0.05, 0.1) is 0 Å². The number of fused-ring (bicyclic) bond motifs is 4. The molecule has 4 aliphatic rings. The molecule has 0 spiro atoms. The number of amides is 2. The molecule has 1 N–H and O–H groups in total. The number of piperidine rings is 3. The number of hydrogen-bond acceptors (Lipinski definition) is 3. The summed E-state index contributed by atoms with van der Waals surface area (Å²) in [6.45, 7) is 2.77. The van der Waals surface area contributed by atoms with Gasteiger partial charge in [0.15, 0.2) is 0 Å². The highest BCUT2D eigenvalue weighted by molar-refractivity contribution is 5.82. The van der Waals surface area contributed by atoms with Gasteiger partial charge in [0.1, 0.15) is 5.82 Å². The number of rotatable bonds is 4. The maximum atomic E-state index is 13.8. The summed E-state index contributed by atoms with van der Waals surface area (Å²) < 4.78 is 13.8. The molecule has 0 radical (unpaired) electrons. The van der Waals surface area contributed by atoms with Gasteiger partial charge in [0.2, 0.25) is 11.8 Å². The molecule has 162 valence electrons. The fourth-order valence-electron chi connectivity index (χ4n) is 6.47. The molecule has 2 amide bonds. The van der Waals surface area contributed by atoms with Crippen molar-refractivity contribution in [3.8, 4) is 0 Å². The first-order chi connectivity index (χ1) is 14.6. The summed E-state index contributed by atoms with van der Waals surface area (Å²) >= 11 is 0. The third-order valence-electron chi connectivity index (χ3n) is 7.81. The van der Waals surface area contributed by atoms with Crippen molar-refractivity contribution in [2.24, 2.45) is 11.8 Å². The predicted octanol–water partition coefficient (Wildman–Crippen LogP) is 2.74. The minimum absolute atomic E-state index is 0.000960. The maximum Gasteiger partial charge on any atom is 0.224 e. The number of carbonyl (C=O) groups excluding carboxylic acids is 2. The molecule has 0 aromatic heterocycles. The number of benzene rings is 1. The van der Waals surface area contributed by atoms with E-state index in [0.717, 1.165) is 38.0 Å². The molecular formula is C24H32FN3O2. The van der Waals surface area contributed by atoms with Gasteiger partial charge in [0.25, 0.3) is 0 Å². The van der Waals surface area contributed by atoms with Crippen LogP contribution in [0.3, 0.4) is 0 Å². The van der Waals surface area contributed by atoms with Crippen LogP contribution in [0.25, 0.3) is 0 Å². The average molecular weight is 414 g/mol. The largest absolute Gasteiger partial charge is 0.353 e. The van der Waals surface area contributed by atoms with Crippen molar-refractivity contribution in [2.75, 3.05) is 19.6 Å². The highest BCUT2D eigenvalue weighted by atomic mass is 19.1. The fraction of sp³-hybridized carbons (Fsp3) is 0.667. The number of nitrogens with one attached hydrogen (secondary N) is 1. The number of carbonyl (C=O) groups is 2. The van der Waals surface area contributed by atoms with Gasteiger partial charge in [-0.1, -0.05) is 18.6 Å². The van der Waals surface area contributed by atoms with E-state index >= 15 is 0 Å². The minimum atomic E-state index is -0.171. The SMILES string of the molecule is O=C1CC[C@@H](CC(=O)N2C[C@H]3C[C@@H](C2)[C@H](Cc2cccc(F)c2)N2CCCC[C@@H]32)N1. The van der Waals surface area contributed by atoms with E-state index < -0.39 is 0 Å². The molecule has 4 aliphatic heterocycles. The second-order valence-corrected chi connectivity index (χ2v) is 9.76. The molecule has 4 saturated heterocycles. The van der Waals surface area contributed by atoms with E-state index in [2.05, 4.69) is 15.1 Å². The highest BCUT2D eigenvalue weighted by Crippen LogP contribution is 2.42. The zero-order valence-corrected chi connectivity index (χ0v) is 17.6. The molecule has 0 saturated carbocycles. The monoisotopic (exact) mass is 413 g/mol. The molecule has 5 rings (SSSR count). The van der Waals surface area contributed by atoms with Crippen molar-refractivity contribution in [2.45, 2.75) is 69.5 Å².